The van der Waals surface area contributed by atoms with Gasteiger partial charge in [-0.25, -0.2) is 0 Å². The molecule has 2 heteroatoms. The zero-order valence-electron chi connectivity index (χ0n) is 35.9. The van der Waals surface area contributed by atoms with Crippen LogP contribution in [0.5, 0.6) is 0 Å². The van der Waals surface area contributed by atoms with Crippen LogP contribution in [-0.4, -0.2) is 0 Å². The third-order valence-electron chi connectivity index (χ3n) is 14.4. The van der Waals surface area contributed by atoms with Gasteiger partial charge < -0.3 is 4.90 Å². The number of thiophene rings is 1. The highest BCUT2D eigenvalue weighted by atomic mass is 32.1. The van der Waals surface area contributed by atoms with Crippen LogP contribution < -0.4 is 4.90 Å². The van der Waals surface area contributed by atoms with Gasteiger partial charge in [-0.2, -0.15) is 0 Å². The Balaban J connectivity index is 1.05. The van der Waals surface area contributed by atoms with Crippen LogP contribution in [-0.2, 0) is 10.8 Å². The molecule has 0 bridgehead atoms. The average Bonchev–Trinajstić information content (AvgIpc) is 4.00. The van der Waals surface area contributed by atoms with Gasteiger partial charge in [-0.3, -0.25) is 0 Å². The van der Waals surface area contributed by atoms with Gasteiger partial charge in [0, 0.05) is 42.5 Å². The minimum Gasteiger partial charge on any atom is -0.310 e. The summed E-state index contributed by atoms with van der Waals surface area (Å²) in [5.41, 5.74) is 19.1. The minimum atomic E-state index is -0.518. The molecule has 0 saturated carbocycles. The minimum absolute atomic E-state index is 0.343. The Morgan fingerprint density at radius 2 is 0.908 bits per heavy atom. The van der Waals surface area contributed by atoms with Crippen LogP contribution in [0.3, 0.4) is 0 Å². The predicted molar refractivity (Wildman–Crippen MR) is 274 cm³/mol. The molecule has 0 aliphatic heterocycles. The summed E-state index contributed by atoms with van der Waals surface area (Å²) >= 11 is 1.86. The van der Waals surface area contributed by atoms with Crippen molar-refractivity contribution in [3.05, 3.63) is 282 Å². The highest BCUT2D eigenvalue weighted by Crippen LogP contribution is 2.60. The number of anilines is 3. The van der Waals surface area contributed by atoms with Crippen LogP contribution in [0.25, 0.3) is 53.6 Å². The smallest absolute Gasteiger partial charge is 0.0714 e. The highest BCUT2D eigenvalue weighted by Gasteiger charge is 2.47. The lowest BCUT2D eigenvalue weighted by Crippen LogP contribution is -2.28. The largest absolute Gasteiger partial charge is 0.310 e. The first-order valence-corrected chi connectivity index (χ1v) is 23.4. The molecule has 11 aromatic rings. The van der Waals surface area contributed by atoms with Crippen molar-refractivity contribution in [2.75, 3.05) is 4.90 Å². The lowest BCUT2D eigenvalue weighted by atomic mass is 9.68. The molecule has 65 heavy (non-hydrogen) atoms. The molecule has 0 spiro atoms. The molecular weight excluding hydrogens is 803 g/mol. The topological polar surface area (TPSA) is 3.24 Å². The van der Waals surface area contributed by atoms with E-state index in [1.165, 1.54) is 92.5 Å². The fourth-order valence-corrected chi connectivity index (χ4v) is 12.6. The summed E-state index contributed by atoms with van der Waals surface area (Å²) in [6.07, 6.45) is 0. The van der Waals surface area contributed by atoms with Gasteiger partial charge in [0.2, 0.25) is 0 Å². The summed E-state index contributed by atoms with van der Waals surface area (Å²) in [4.78, 5) is 2.52. The van der Waals surface area contributed by atoms with E-state index in [4.69, 9.17) is 0 Å². The van der Waals surface area contributed by atoms with Crippen LogP contribution in [0.15, 0.2) is 243 Å². The first kappa shape index (κ1) is 37.7. The number of hydrogen-bond acceptors (Lipinski definition) is 2. The van der Waals surface area contributed by atoms with Crippen LogP contribution >= 0.6 is 11.3 Å². The normalized spacial score (nSPS) is 15.3. The molecule has 13 rings (SSSR count). The molecule has 2 aliphatic rings. The monoisotopic (exact) mass is 845 g/mol. The number of nitrogens with zero attached hydrogens (tertiary/aromatic N) is 1. The molecule has 1 unspecified atom stereocenters. The van der Waals surface area contributed by atoms with Gasteiger partial charge in [0.05, 0.1) is 11.1 Å². The zero-order valence-corrected chi connectivity index (χ0v) is 36.8. The van der Waals surface area contributed by atoms with Gasteiger partial charge >= 0.3 is 0 Å². The van der Waals surface area contributed by atoms with Crippen molar-refractivity contribution in [3.63, 3.8) is 0 Å². The molecular formula is C63H43NS. The van der Waals surface area contributed by atoms with Gasteiger partial charge in [0.1, 0.15) is 0 Å². The molecule has 306 valence electrons. The summed E-state index contributed by atoms with van der Waals surface area (Å²) in [5.74, 6) is 0. The molecule has 0 saturated heterocycles. The number of rotatable bonds is 7. The van der Waals surface area contributed by atoms with Crippen molar-refractivity contribution in [1.29, 1.82) is 0 Å². The van der Waals surface area contributed by atoms with Crippen LogP contribution in [0.4, 0.5) is 17.1 Å². The Morgan fingerprint density at radius 3 is 1.65 bits per heavy atom. The molecule has 0 amide bonds. The van der Waals surface area contributed by atoms with E-state index in [0.29, 0.717) is 0 Å². The molecule has 2 aliphatic carbocycles. The second-order valence-electron chi connectivity index (χ2n) is 17.7. The fraction of sp³-hybridized carbons (Fsp3) is 0.0476. The second-order valence-corrected chi connectivity index (χ2v) is 18.8. The first-order valence-electron chi connectivity index (χ1n) is 22.6. The van der Waals surface area contributed by atoms with E-state index in [1.54, 1.807) is 0 Å². The Morgan fingerprint density at radius 1 is 0.354 bits per heavy atom. The van der Waals surface area contributed by atoms with Crippen molar-refractivity contribution < 1.29 is 0 Å². The van der Waals surface area contributed by atoms with Gasteiger partial charge in [-0.1, -0.05) is 194 Å². The van der Waals surface area contributed by atoms with Crippen LogP contribution in [0.1, 0.15) is 45.9 Å². The van der Waals surface area contributed by atoms with E-state index in [-0.39, 0.29) is 5.41 Å². The fourth-order valence-electron chi connectivity index (χ4n) is 11.5. The molecule has 1 heterocycles. The maximum atomic E-state index is 2.52. The van der Waals surface area contributed by atoms with Crippen molar-refractivity contribution in [1.82, 2.24) is 0 Å². The van der Waals surface area contributed by atoms with Gasteiger partial charge in [-0.05, 0) is 122 Å². The van der Waals surface area contributed by atoms with E-state index < -0.39 is 5.41 Å². The van der Waals surface area contributed by atoms with E-state index in [2.05, 4.69) is 254 Å². The summed E-state index contributed by atoms with van der Waals surface area (Å²) in [6, 6.07) is 90.5. The van der Waals surface area contributed by atoms with E-state index in [1.807, 2.05) is 11.3 Å². The molecule has 1 atom stereocenters. The van der Waals surface area contributed by atoms with E-state index in [0.717, 1.165) is 17.1 Å². The zero-order chi connectivity index (χ0) is 43.1. The Kier molecular flexibility index (Phi) is 8.50. The predicted octanol–water partition coefficient (Wildman–Crippen LogP) is 16.9. The van der Waals surface area contributed by atoms with Crippen molar-refractivity contribution >= 4 is 48.6 Å². The van der Waals surface area contributed by atoms with Gasteiger partial charge in [0.25, 0.3) is 0 Å². The maximum absolute atomic E-state index is 2.52. The SMILES string of the molecule is CC1(c2ccccc2)c2ccccc2-c2ccc(N(c3ccc(-c4ccc5sc6ccccc6c5c4)cc3)c3cccc4c3-c3ccccc3C4(c3ccccc3)c3ccccc3)cc21. The van der Waals surface area contributed by atoms with E-state index >= 15 is 0 Å². The number of hydrogen-bond donors (Lipinski definition) is 0. The molecule has 10 aromatic carbocycles. The standard InChI is InChI=1S/C63H43NS/c1-62(44-18-5-2-6-19-44)54-27-14-11-24-49(54)50-38-37-48(41-57(50)62)64(47-35-32-42(33-36-47)43-34-39-60-53(40-43)51-25-13-16-31-59(51)65-60)58-30-17-29-56-61(58)52-26-12-15-28-55(52)63(56,45-20-7-3-8-21-45)46-22-9-4-10-23-46/h2-41H,1H3. The Hall–Kier alpha value is -7.78. The molecule has 1 aromatic heterocycles. The number of benzene rings is 10. The van der Waals surface area contributed by atoms with Crippen molar-refractivity contribution in [3.8, 4) is 33.4 Å². The van der Waals surface area contributed by atoms with Gasteiger partial charge in [-0.15, -0.1) is 11.3 Å². The first-order chi connectivity index (χ1) is 32.1. The summed E-state index contributed by atoms with van der Waals surface area (Å²) in [6.45, 7) is 2.41. The molecule has 0 fully saturated rings. The molecule has 0 N–H and O–H groups in total. The lowest BCUT2D eigenvalue weighted by Gasteiger charge is -2.34. The Bertz CT molecular complexity index is 3570. The van der Waals surface area contributed by atoms with Gasteiger partial charge in [0.15, 0.2) is 0 Å². The van der Waals surface area contributed by atoms with E-state index in [9.17, 15) is 0 Å². The molecule has 1 nitrogen and oxygen atoms in total. The van der Waals surface area contributed by atoms with Crippen LogP contribution in [0.2, 0.25) is 0 Å². The highest BCUT2D eigenvalue weighted by molar-refractivity contribution is 7.25. The summed E-state index contributed by atoms with van der Waals surface area (Å²) < 4.78 is 2.64. The summed E-state index contributed by atoms with van der Waals surface area (Å²) in [5, 5.41) is 2.63. The second kappa shape index (κ2) is 14.6. The third kappa shape index (κ3) is 5.51. The third-order valence-corrected chi connectivity index (χ3v) is 15.6. The van der Waals surface area contributed by atoms with Crippen LogP contribution in [0, 0.1) is 0 Å². The van der Waals surface area contributed by atoms with Crippen molar-refractivity contribution in [2.45, 2.75) is 17.8 Å². The quantitative estimate of drug-likeness (QED) is 0.154. The van der Waals surface area contributed by atoms with Crippen molar-refractivity contribution in [2.24, 2.45) is 0 Å². The number of fused-ring (bicyclic) bond motifs is 9. The maximum Gasteiger partial charge on any atom is 0.0714 e. The lowest BCUT2D eigenvalue weighted by molar-refractivity contribution is 0.714. The average molecular weight is 846 g/mol. The Labute approximate surface area is 384 Å². The summed E-state index contributed by atoms with van der Waals surface area (Å²) in [7, 11) is 0. The molecule has 0 radical (unpaired) electrons.